The number of amides is 1. The molecule has 0 heterocycles. The summed E-state index contributed by atoms with van der Waals surface area (Å²) in [6.07, 6.45) is 0.565. The SMILES string of the molecule is CCC(C)(N)C(=O)Nc1ccc(O)c(C)c1. The summed E-state index contributed by atoms with van der Waals surface area (Å²) in [5.74, 6) is -0.0101. The second-order valence-corrected chi connectivity index (χ2v) is 4.23. The van der Waals surface area contributed by atoms with Gasteiger partial charge in [0.1, 0.15) is 5.75 Å². The van der Waals surface area contributed by atoms with E-state index in [4.69, 9.17) is 5.73 Å². The van der Waals surface area contributed by atoms with E-state index < -0.39 is 5.54 Å². The van der Waals surface area contributed by atoms with Crippen molar-refractivity contribution in [3.8, 4) is 5.75 Å². The van der Waals surface area contributed by atoms with Gasteiger partial charge in [-0.15, -0.1) is 0 Å². The molecule has 1 aromatic carbocycles. The molecule has 1 atom stereocenters. The maximum Gasteiger partial charge on any atom is 0.244 e. The fraction of sp³-hybridized carbons (Fsp3) is 0.417. The predicted molar refractivity (Wildman–Crippen MR) is 64.4 cm³/mol. The first-order valence-electron chi connectivity index (χ1n) is 5.27. The number of phenolic OH excluding ortho intramolecular Hbond substituents is 1. The number of hydrogen-bond donors (Lipinski definition) is 3. The number of carbonyl (C=O) groups excluding carboxylic acids is 1. The molecule has 1 aromatic rings. The third kappa shape index (κ3) is 2.73. The Balaban J connectivity index is 2.82. The normalized spacial score (nSPS) is 14.2. The molecule has 0 aromatic heterocycles. The number of aromatic hydroxyl groups is 1. The van der Waals surface area contributed by atoms with E-state index in [-0.39, 0.29) is 11.7 Å². The van der Waals surface area contributed by atoms with Crippen molar-refractivity contribution in [1.29, 1.82) is 0 Å². The zero-order chi connectivity index (χ0) is 12.3. The lowest BCUT2D eigenvalue weighted by molar-refractivity contribution is -0.120. The van der Waals surface area contributed by atoms with E-state index in [1.165, 1.54) is 0 Å². The summed E-state index contributed by atoms with van der Waals surface area (Å²) in [5.41, 5.74) is 6.30. The van der Waals surface area contributed by atoms with Gasteiger partial charge in [0.25, 0.3) is 0 Å². The Labute approximate surface area is 95.5 Å². The summed E-state index contributed by atoms with van der Waals surface area (Å²) in [6, 6.07) is 4.90. The van der Waals surface area contributed by atoms with Gasteiger partial charge >= 0.3 is 0 Å². The Bertz CT molecular complexity index is 400. The van der Waals surface area contributed by atoms with Gasteiger partial charge in [0.05, 0.1) is 5.54 Å². The Hall–Kier alpha value is -1.55. The van der Waals surface area contributed by atoms with Gasteiger partial charge in [-0.3, -0.25) is 4.79 Å². The Morgan fingerprint density at radius 3 is 2.69 bits per heavy atom. The Morgan fingerprint density at radius 1 is 1.56 bits per heavy atom. The minimum Gasteiger partial charge on any atom is -0.508 e. The maximum atomic E-state index is 11.8. The van der Waals surface area contributed by atoms with Crippen molar-refractivity contribution in [3.05, 3.63) is 23.8 Å². The average Bonchev–Trinajstić information content (AvgIpc) is 2.23. The van der Waals surface area contributed by atoms with Crippen molar-refractivity contribution < 1.29 is 9.90 Å². The highest BCUT2D eigenvalue weighted by Gasteiger charge is 2.25. The number of anilines is 1. The summed E-state index contributed by atoms with van der Waals surface area (Å²) in [7, 11) is 0. The van der Waals surface area contributed by atoms with Crippen molar-refractivity contribution in [2.45, 2.75) is 32.7 Å². The van der Waals surface area contributed by atoms with Crippen LogP contribution >= 0.6 is 0 Å². The molecule has 0 aliphatic rings. The molecule has 1 unspecified atom stereocenters. The molecule has 1 rings (SSSR count). The van der Waals surface area contributed by atoms with Crippen molar-refractivity contribution >= 4 is 11.6 Å². The van der Waals surface area contributed by atoms with Crippen LogP contribution in [-0.4, -0.2) is 16.6 Å². The molecule has 88 valence electrons. The number of nitrogens with one attached hydrogen (secondary N) is 1. The number of hydrogen-bond acceptors (Lipinski definition) is 3. The van der Waals surface area contributed by atoms with Crippen molar-refractivity contribution in [2.75, 3.05) is 5.32 Å². The van der Waals surface area contributed by atoms with Gasteiger partial charge in [-0.1, -0.05) is 6.92 Å². The number of benzene rings is 1. The van der Waals surface area contributed by atoms with Gasteiger partial charge in [-0.25, -0.2) is 0 Å². The smallest absolute Gasteiger partial charge is 0.244 e. The first-order chi connectivity index (χ1) is 7.36. The van der Waals surface area contributed by atoms with E-state index in [0.717, 1.165) is 0 Å². The predicted octanol–water partition coefficient (Wildman–Crippen LogP) is 1.77. The van der Waals surface area contributed by atoms with Crippen molar-refractivity contribution in [1.82, 2.24) is 0 Å². The van der Waals surface area contributed by atoms with E-state index in [0.29, 0.717) is 17.7 Å². The van der Waals surface area contributed by atoms with Crippen LogP contribution in [0.4, 0.5) is 5.69 Å². The number of nitrogens with two attached hydrogens (primary N) is 1. The zero-order valence-corrected chi connectivity index (χ0v) is 9.87. The standard InChI is InChI=1S/C12H18N2O2/c1-4-12(3,13)11(16)14-9-5-6-10(15)8(2)7-9/h5-7,15H,4,13H2,1-3H3,(H,14,16). The Morgan fingerprint density at radius 2 is 2.19 bits per heavy atom. The summed E-state index contributed by atoms with van der Waals surface area (Å²) in [6.45, 7) is 5.32. The molecule has 4 N–H and O–H groups in total. The highest BCUT2D eigenvalue weighted by atomic mass is 16.3. The largest absolute Gasteiger partial charge is 0.508 e. The number of phenols is 1. The second kappa shape index (κ2) is 4.53. The van der Waals surface area contributed by atoms with Crippen LogP contribution in [-0.2, 0) is 4.79 Å². The average molecular weight is 222 g/mol. The van der Waals surface area contributed by atoms with Crippen LogP contribution in [0, 0.1) is 6.92 Å². The Kier molecular flexibility index (Phi) is 3.55. The van der Waals surface area contributed by atoms with E-state index in [1.54, 1.807) is 32.0 Å². The van der Waals surface area contributed by atoms with Crippen LogP contribution in [0.1, 0.15) is 25.8 Å². The van der Waals surface area contributed by atoms with E-state index in [1.807, 2.05) is 6.92 Å². The van der Waals surface area contributed by atoms with E-state index in [9.17, 15) is 9.90 Å². The van der Waals surface area contributed by atoms with Crippen LogP contribution in [0.3, 0.4) is 0 Å². The summed E-state index contributed by atoms with van der Waals surface area (Å²) in [4.78, 5) is 11.8. The third-order valence-electron chi connectivity index (χ3n) is 2.71. The minimum absolute atomic E-state index is 0.212. The van der Waals surface area contributed by atoms with Gasteiger partial charge in [0.2, 0.25) is 5.91 Å². The van der Waals surface area contributed by atoms with E-state index >= 15 is 0 Å². The molecule has 4 heteroatoms. The monoisotopic (exact) mass is 222 g/mol. The number of rotatable bonds is 3. The lowest BCUT2D eigenvalue weighted by Crippen LogP contribution is -2.47. The molecule has 0 aliphatic carbocycles. The van der Waals surface area contributed by atoms with Gasteiger partial charge < -0.3 is 16.2 Å². The summed E-state index contributed by atoms with van der Waals surface area (Å²) in [5, 5.41) is 12.1. The summed E-state index contributed by atoms with van der Waals surface area (Å²) >= 11 is 0. The number of carbonyl (C=O) groups is 1. The minimum atomic E-state index is -0.869. The highest BCUT2D eigenvalue weighted by molar-refractivity contribution is 5.97. The van der Waals surface area contributed by atoms with Gasteiger partial charge in [-0.05, 0) is 44.0 Å². The molecule has 0 bridgehead atoms. The second-order valence-electron chi connectivity index (χ2n) is 4.23. The first-order valence-corrected chi connectivity index (χ1v) is 5.27. The van der Waals surface area contributed by atoms with Gasteiger partial charge in [0.15, 0.2) is 0 Å². The summed E-state index contributed by atoms with van der Waals surface area (Å²) < 4.78 is 0. The lowest BCUT2D eigenvalue weighted by Gasteiger charge is -2.21. The molecular formula is C12H18N2O2. The van der Waals surface area contributed by atoms with Crippen LogP contribution in [0.2, 0.25) is 0 Å². The molecule has 1 amide bonds. The fourth-order valence-corrected chi connectivity index (χ4v) is 1.17. The number of aryl methyl sites for hydroxylation is 1. The highest BCUT2D eigenvalue weighted by Crippen LogP contribution is 2.21. The van der Waals surface area contributed by atoms with E-state index in [2.05, 4.69) is 5.32 Å². The van der Waals surface area contributed by atoms with Crippen molar-refractivity contribution in [3.63, 3.8) is 0 Å². The van der Waals surface area contributed by atoms with Gasteiger partial charge in [0, 0.05) is 5.69 Å². The first kappa shape index (κ1) is 12.5. The molecule has 0 radical (unpaired) electrons. The van der Waals surface area contributed by atoms with Crippen LogP contribution < -0.4 is 11.1 Å². The van der Waals surface area contributed by atoms with Crippen LogP contribution in [0.25, 0.3) is 0 Å². The molecule has 4 nitrogen and oxygen atoms in total. The molecule has 0 aliphatic heterocycles. The third-order valence-corrected chi connectivity index (χ3v) is 2.71. The van der Waals surface area contributed by atoms with Crippen LogP contribution in [0.5, 0.6) is 5.75 Å². The molecule has 0 fully saturated rings. The lowest BCUT2D eigenvalue weighted by atomic mass is 9.99. The van der Waals surface area contributed by atoms with Gasteiger partial charge in [-0.2, -0.15) is 0 Å². The fourth-order valence-electron chi connectivity index (χ4n) is 1.17. The molecule has 0 spiro atoms. The molecule has 0 saturated carbocycles. The van der Waals surface area contributed by atoms with Crippen molar-refractivity contribution in [2.24, 2.45) is 5.73 Å². The quantitative estimate of drug-likeness (QED) is 0.682. The zero-order valence-electron chi connectivity index (χ0n) is 9.87. The molecular weight excluding hydrogens is 204 g/mol. The maximum absolute atomic E-state index is 11.8. The van der Waals surface area contributed by atoms with Crippen LogP contribution in [0.15, 0.2) is 18.2 Å². The topological polar surface area (TPSA) is 75.4 Å². The molecule has 0 saturated heterocycles. The molecule has 16 heavy (non-hydrogen) atoms.